The van der Waals surface area contributed by atoms with Gasteiger partial charge in [0.15, 0.2) is 0 Å². The van der Waals surface area contributed by atoms with Crippen molar-refractivity contribution < 1.29 is 13.6 Å². The van der Waals surface area contributed by atoms with Gasteiger partial charge in [-0.05, 0) is 44.0 Å². The van der Waals surface area contributed by atoms with E-state index in [1.165, 1.54) is 0 Å². The number of amides is 1. The number of nitrogens with one attached hydrogen (secondary N) is 2. The fourth-order valence-electron chi connectivity index (χ4n) is 2.51. The van der Waals surface area contributed by atoms with Crippen LogP contribution >= 0.6 is 12.4 Å². The third-order valence-corrected chi connectivity index (χ3v) is 3.69. The quantitative estimate of drug-likeness (QED) is 0.881. The van der Waals surface area contributed by atoms with E-state index >= 15 is 0 Å². The Hall–Kier alpha value is -1.20. The number of hydrogen-bond acceptors (Lipinski definition) is 2. The molecule has 0 aliphatic carbocycles. The first-order valence-electron chi connectivity index (χ1n) is 6.48. The van der Waals surface area contributed by atoms with Crippen LogP contribution in [0.3, 0.4) is 0 Å². The summed E-state index contributed by atoms with van der Waals surface area (Å²) in [6, 6.07) is 2.93. The van der Waals surface area contributed by atoms with Crippen LogP contribution in [0.25, 0.3) is 0 Å². The summed E-state index contributed by atoms with van der Waals surface area (Å²) in [6.07, 6.45) is 0.945. The standard InChI is InChI=1S/C14H18F2N2O.ClH/c1-8-5-6-17-9(2)13(8)18-14(19)11-7-10(15)3-4-12(11)16;/h3-4,7-9,13,17H,5-6H2,1-2H3,(H,18,19);1H. The molecule has 0 spiro atoms. The van der Waals surface area contributed by atoms with E-state index in [0.717, 1.165) is 31.2 Å². The highest BCUT2D eigenvalue weighted by Gasteiger charge is 2.29. The average Bonchev–Trinajstić information content (AvgIpc) is 2.37. The molecule has 6 heteroatoms. The van der Waals surface area contributed by atoms with Crippen molar-refractivity contribution in [3.8, 4) is 0 Å². The van der Waals surface area contributed by atoms with Gasteiger partial charge in [-0.2, -0.15) is 0 Å². The molecule has 1 amide bonds. The highest BCUT2D eigenvalue weighted by Crippen LogP contribution is 2.17. The lowest BCUT2D eigenvalue weighted by Gasteiger charge is -2.36. The topological polar surface area (TPSA) is 41.1 Å². The highest BCUT2D eigenvalue weighted by atomic mass is 35.5. The lowest BCUT2D eigenvalue weighted by atomic mass is 9.89. The highest BCUT2D eigenvalue weighted by molar-refractivity contribution is 5.94. The van der Waals surface area contributed by atoms with Gasteiger partial charge in [-0.3, -0.25) is 4.79 Å². The van der Waals surface area contributed by atoms with Crippen molar-refractivity contribution in [2.24, 2.45) is 5.92 Å². The van der Waals surface area contributed by atoms with E-state index in [1.54, 1.807) is 0 Å². The summed E-state index contributed by atoms with van der Waals surface area (Å²) in [6.45, 7) is 4.93. The Bertz CT molecular complexity index is 474. The van der Waals surface area contributed by atoms with E-state index < -0.39 is 17.5 Å². The first kappa shape index (κ1) is 16.9. The molecule has 0 radical (unpaired) electrons. The van der Waals surface area contributed by atoms with E-state index in [-0.39, 0.29) is 30.1 Å². The molecule has 1 fully saturated rings. The van der Waals surface area contributed by atoms with E-state index in [1.807, 2.05) is 13.8 Å². The number of halogens is 3. The summed E-state index contributed by atoms with van der Waals surface area (Å²) >= 11 is 0. The second-order valence-electron chi connectivity index (χ2n) is 5.13. The predicted octanol–water partition coefficient (Wildman–Crippen LogP) is 2.50. The molecule has 0 saturated carbocycles. The first-order valence-corrected chi connectivity index (χ1v) is 6.48. The van der Waals surface area contributed by atoms with Gasteiger partial charge in [0.2, 0.25) is 0 Å². The third kappa shape index (κ3) is 3.67. The number of carbonyl (C=O) groups is 1. The SMILES string of the molecule is CC1CCNC(C)C1NC(=O)c1cc(F)ccc1F.Cl. The molecule has 1 aromatic rings. The van der Waals surface area contributed by atoms with Gasteiger partial charge in [0.05, 0.1) is 5.56 Å². The summed E-state index contributed by atoms with van der Waals surface area (Å²) in [4.78, 5) is 12.0. The third-order valence-electron chi connectivity index (χ3n) is 3.69. The smallest absolute Gasteiger partial charge is 0.254 e. The van der Waals surface area contributed by atoms with Crippen molar-refractivity contribution in [2.45, 2.75) is 32.4 Å². The normalized spacial score (nSPS) is 25.7. The maximum absolute atomic E-state index is 13.5. The van der Waals surface area contributed by atoms with Crippen LogP contribution in [0.1, 0.15) is 30.6 Å². The summed E-state index contributed by atoms with van der Waals surface area (Å²) in [7, 11) is 0. The van der Waals surface area contributed by atoms with Crippen LogP contribution in [0.5, 0.6) is 0 Å². The van der Waals surface area contributed by atoms with Crippen molar-refractivity contribution in [1.29, 1.82) is 0 Å². The molecular weight excluding hydrogens is 286 g/mol. The first-order chi connectivity index (χ1) is 8.99. The number of rotatable bonds is 2. The number of piperidine rings is 1. The van der Waals surface area contributed by atoms with Crippen LogP contribution in [0.15, 0.2) is 18.2 Å². The molecule has 1 aliphatic heterocycles. The van der Waals surface area contributed by atoms with Crippen LogP contribution in [-0.4, -0.2) is 24.5 Å². The molecule has 2 rings (SSSR count). The molecule has 1 heterocycles. The lowest BCUT2D eigenvalue weighted by Crippen LogP contribution is -2.56. The molecule has 3 nitrogen and oxygen atoms in total. The Kier molecular flexibility index (Phi) is 5.89. The molecule has 0 bridgehead atoms. The molecule has 1 saturated heterocycles. The van der Waals surface area contributed by atoms with Crippen molar-refractivity contribution in [2.75, 3.05) is 6.54 Å². The van der Waals surface area contributed by atoms with Crippen LogP contribution in [0.4, 0.5) is 8.78 Å². The predicted molar refractivity (Wildman–Crippen MR) is 76.1 cm³/mol. The van der Waals surface area contributed by atoms with Gasteiger partial charge >= 0.3 is 0 Å². The summed E-state index contributed by atoms with van der Waals surface area (Å²) < 4.78 is 26.6. The fourth-order valence-corrected chi connectivity index (χ4v) is 2.51. The van der Waals surface area contributed by atoms with E-state index in [0.29, 0.717) is 5.92 Å². The Morgan fingerprint density at radius 3 is 2.70 bits per heavy atom. The summed E-state index contributed by atoms with van der Waals surface area (Å²) in [5.41, 5.74) is -0.245. The minimum atomic E-state index is -0.706. The second kappa shape index (κ2) is 6.99. The zero-order valence-electron chi connectivity index (χ0n) is 11.5. The summed E-state index contributed by atoms with van der Waals surface area (Å²) in [5.74, 6) is -1.58. The van der Waals surface area contributed by atoms with E-state index in [2.05, 4.69) is 10.6 Å². The second-order valence-corrected chi connectivity index (χ2v) is 5.13. The van der Waals surface area contributed by atoms with Crippen LogP contribution in [0.2, 0.25) is 0 Å². The maximum Gasteiger partial charge on any atom is 0.254 e. The number of hydrogen-bond donors (Lipinski definition) is 2. The van der Waals surface area contributed by atoms with Crippen molar-refractivity contribution in [3.63, 3.8) is 0 Å². The molecule has 112 valence electrons. The molecular formula is C14H19ClF2N2O. The van der Waals surface area contributed by atoms with E-state index in [9.17, 15) is 13.6 Å². The number of carbonyl (C=O) groups excluding carboxylic acids is 1. The minimum Gasteiger partial charge on any atom is -0.347 e. The van der Waals surface area contributed by atoms with Gasteiger partial charge in [0.1, 0.15) is 11.6 Å². The molecule has 1 aliphatic rings. The van der Waals surface area contributed by atoms with Crippen LogP contribution in [0, 0.1) is 17.6 Å². The number of benzene rings is 1. The molecule has 20 heavy (non-hydrogen) atoms. The largest absolute Gasteiger partial charge is 0.347 e. The Morgan fingerprint density at radius 1 is 1.35 bits per heavy atom. The van der Waals surface area contributed by atoms with Crippen LogP contribution < -0.4 is 10.6 Å². The van der Waals surface area contributed by atoms with Gasteiger partial charge in [-0.15, -0.1) is 12.4 Å². The van der Waals surface area contributed by atoms with Crippen LogP contribution in [-0.2, 0) is 0 Å². The van der Waals surface area contributed by atoms with Gasteiger partial charge < -0.3 is 10.6 Å². The zero-order valence-corrected chi connectivity index (χ0v) is 12.3. The molecule has 0 aromatic heterocycles. The molecule has 3 unspecified atom stereocenters. The molecule has 3 atom stereocenters. The van der Waals surface area contributed by atoms with Crippen molar-refractivity contribution >= 4 is 18.3 Å². The Balaban J connectivity index is 0.00000200. The fraction of sp³-hybridized carbons (Fsp3) is 0.500. The average molecular weight is 305 g/mol. The van der Waals surface area contributed by atoms with Gasteiger partial charge in [0.25, 0.3) is 5.91 Å². The summed E-state index contributed by atoms with van der Waals surface area (Å²) in [5, 5.41) is 6.06. The van der Waals surface area contributed by atoms with Crippen molar-refractivity contribution in [3.05, 3.63) is 35.4 Å². The molecule has 1 aromatic carbocycles. The van der Waals surface area contributed by atoms with Gasteiger partial charge in [0, 0.05) is 12.1 Å². The minimum absolute atomic E-state index is 0. The Labute approximate surface area is 123 Å². The zero-order chi connectivity index (χ0) is 14.0. The monoisotopic (exact) mass is 304 g/mol. The van der Waals surface area contributed by atoms with Gasteiger partial charge in [-0.1, -0.05) is 6.92 Å². The van der Waals surface area contributed by atoms with Crippen molar-refractivity contribution in [1.82, 2.24) is 10.6 Å². The Morgan fingerprint density at radius 2 is 2.05 bits per heavy atom. The lowest BCUT2D eigenvalue weighted by molar-refractivity contribution is 0.0893. The molecule has 2 N–H and O–H groups in total. The maximum atomic E-state index is 13.5. The van der Waals surface area contributed by atoms with E-state index in [4.69, 9.17) is 0 Å². The van der Waals surface area contributed by atoms with Gasteiger partial charge in [-0.25, -0.2) is 8.78 Å².